The molecule has 2 aliphatic carbocycles. The summed E-state index contributed by atoms with van der Waals surface area (Å²) in [5.41, 5.74) is 4.09. The fourth-order valence-electron chi connectivity index (χ4n) is 6.53. The Morgan fingerprint density at radius 2 is 1.62 bits per heavy atom. The van der Waals surface area contributed by atoms with Crippen molar-refractivity contribution in [3.63, 3.8) is 0 Å². The zero-order valence-corrected chi connectivity index (χ0v) is 21.4. The molecule has 2 saturated heterocycles. The summed E-state index contributed by atoms with van der Waals surface area (Å²) >= 11 is 3.86. The normalized spacial score (nSPS) is 32.0. The van der Waals surface area contributed by atoms with Gasteiger partial charge in [0.15, 0.2) is 6.29 Å². The maximum atomic E-state index is 14.2. The quantitative estimate of drug-likeness (QED) is 0.584. The van der Waals surface area contributed by atoms with Crippen LogP contribution >= 0.6 is 15.9 Å². The first-order valence-electron chi connectivity index (χ1n) is 12.5. The molecule has 3 aliphatic heterocycles. The summed E-state index contributed by atoms with van der Waals surface area (Å²) in [7, 11) is 1.69. The number of aryl methyl sites for hydroxylation is 1. The lowest BCUT2D eigenvalue weighted by atomic mass is 10.0. The van der Waals surface area contributed by atoms with Gasteiger partial charge in [0.1, 0.15) is 5.75 Å². The highest BCUT2D eigenvalue weighted by Gasteiger charge is 2.55. The van der Waals surface area contributed by atoms with Crippen LogP contribution in [0.4, 0.5) is 5.69 Å². The number of amides is 1. The highest BCUT2D eigenvalue weighted by Crippen LogP contribution is 2.51. The van der Waals surface area contributed by atoms with E-state index in [1.54, 1.807) is 7.11 Å². The van der Waals surface area contributed by atoms with Crippen molar-refractivity contribution in [1.29, 1.82) is 0 Å². The number of rotatable bonds is 5. The minimum absolute atomic E-state index is 0.0913. The van der Waals surface area contributed by atoms with E-state index in [2.05, 4.69) is 66.9 Å². The summed E-state index contributed by atoms with van der Waals surface area (Å²) in [5.74, 6) is 4.19. The molecule has 1 amide bonds. The number of anilines is 1. The third-order valence-corrected chi connectivity index (χ3v) is 9.14. The zero-order chi connectivity index (χ0) is 23.1. The van der Waals surface area contributed by atoms with Gasteiger partial charge in [-0.1, -0.05) is 12.1 Å². The van der Waals surface area contributed by atoms with Crippen LogP contribution in [0.2, 0.25) is 0 Å². The van der Waals surface area contributed by atoms with Gasteiger partial charge in [-0.3, -0.25) is 19.6 Å². The molecular formula is C27H31BrN4O2. The number of carbonyl (C=O) groups excluding carboxylic acids is 1. The van der Waals surface area contributed by atoms with Crippen molar-refractivity contribution in [2.75, 3.05) is 38.3 Å². The zero-order valence-electron chi connectivity index (χ0n) is 19.8. The van der Waals surface area contributed by atoms with Gasteiger partial charge in [0, 0.05) is 37.2 Å². The molecule has 7 heteroatoms. The first-order chi connectivity index (χ1) is 16.5. The number of nitrogens with zero attached hydrogens (tertiary/aromatic N) is 4. The number of ether oxygens (including phenoxy) is 1. The SMILES string of the molecule is COc1ccc(CN2C(=O)c3cc(C)cc(Br)c3N(N3CC4CC4C3)C2N2CC3CC3C2)cc1. The molecule has 3 heterocycles. The molecule has 0 N–H and O–H groups in total. The van der Waals surface area contributed by atoms with Crippen LogP contribution in [0.1, 0.15) is 34.3 Å². The number of carbonyl (C=O) groups is 1. The number of hydrogen-bond acceptors (Lipinski definition) is 5. The van der Waals surface area contributed by atoms with Crippen LogP contribution in [0.5, 0.6) is 5.75 Å². The molecule has 2 aromatic rings. The minimum atomic E-state index is -0.0913. The van der Waals surface area contributed by atoms with Crippen molar-refractivity contribution >= 4 is 27.5 Å². The number of benzene rings is 2. The largest absolute Gasteiger partial charge is 0.497 e. The van der Waals surface area contributed by atoms with Crippen molar-refractivity contribution in [3.05, 3.63) is 57.6 Å². The third kappa shape index (κ3) is 3.39. The van der Waals surface area contributed by atoms with Crippen LogP contribution in [0, 0.1) is 30.6 Å². The van der Waals surface area contributed by atoms with E-state index in [9.17, 15) is 4.79 Å². The first-order valence-corrected chi connectivity index (χ1v) is 13.3. The number of fused-ring (bicyclic) bond motifs is 3. The second-order valence-electron chi connectivity index (χ2n) is 11.0. The Labute approximate surface area is 209 Å². The second kappa shape index (κ2) is 7.70. The summed E-state index contributed by atoms with van der Waals surface area (Å²) in [6.07, 6.45) is 2.62. The van der Waals surface area contributed by atoms with Gasteiger partial charge in [-0.15, -0.1) is 0 Å². The van der Waals surface area contributed by atoms with Gasteiger partial charge in [0.05, 0.1) is 18.4 Å². The van der Waals surface area contributed by atoms with Crippen molar-refractivity contribution in [1.82, 2.24) is 14.8 Å². The Morgan fingerprint density at radius 1 is 0.971 bits per heavy atom. The Bertz CT molecular complexity index is 1130. The smallest absolute Gasteiger partial charge is 0.259 e. The molecule has 0 bridgehead atoms. The average Bonchev–Trinajstić information content (AvgIpc) is 3.67. The van der Waals surface area contributed by atoms with Gasteiger partial charge >= 0.3 is 0 Å². The van der Waals surface area contributed by atoms with E-state index >= 15 is 0 Å². The lowest BCUT2D eigenvalue weighted by Crippen LogP contribution is -2.67. The van der Waals surface area contributed by atoms with Crippen molar-refractivity contribution in [2.24, 2.45) is 23.7 Å². The van der Waals surface area contributed by atoms with Gasteiger partial charge in [-0.25, -0.2) is 5.01 Å². The molecule has 0 radical (unpaired) electrons. The fraction of sp³-hybridized carbons (Fsp3) is 0.519. The molecule has 5 aliphatic rings. The second-order valence-corrected chi connectivity index (χ2v) is 11.8. The van der Waals surface area contributed by atoms with Crippen molar-refractivity contribution in [3.8, 4) is 5.75 Å². The Kier molecular flexibility index (Phi) is 4.81. The summed E-state index contributed by atoms with van der Waals surface area (Å²) in [6, 6.07) is 12.4. The third-order valence-electron chi connectivity index (χ3n) is 8.54. The van der Waals surface area contributed by atoms with E-state index in [0.717, 1.165) is 82.5 Å². The summed E-state index contributed by atoms with van der Waals surface area (Å²) in [5, 5.41) is 5.03. The summed E-state index contributed by atoms with van der Waals surface area (Å²) < 4.78 is 6.39. The van der Waals surface area contributed by atoms with E-state index in [4.69, 9.17) is 4.74 Å². The fourth-order valence-corrected chi connectivity index (χ4v) is 7.29. The molecule has 6 nitrogen and oxygen atoms in total. The molecule has 7 rings (SSSR count). The maximum absolute atomic E-state index is 14.2. The number of likely N-dealkylation sites (tertiary alicyclic amines) is 1. The highest BCUT2D eigenvalue weighted by molar-refractivity contribution is 9.10. The lowest BCUT2D eigenvalue weighted by Gasteiger charge is -2.52. The monoisotopic (exact) mass is 522 g/mol. The minimum Gasteiger partial charge on any atom is -0.497 e. The van der Waals surface area contributed by atoms with Crippen molar-refractivity contribution < 1.29 is 9.53 Å². The van der Waals surface area contributed by atoms with Gasteiger partial charge in [0.25, 0.3) is 5.91 Å². The van der Waals surface area contributed by atoms with Crippen LogP contribution in [0.3, 0.4) is 0 Å². The summed E-state index contributed by atoms with van der Waals surface area (Å²) in [4.78, 5) is 18.8. The molecule has 34 heavy (non-hydrogen) atoms. The highest BCUT2D eigenvalue weighted by atomic mass is 79.9. The first kappa shape index (κ1) is 21.2. The average molecular weight is 523 g/mol. The number of piperidine rings is 2. The topological polar surface area (TPSA) is 39.3 Å². The molecule has 5 atom stereocenters. The van der Waals surface area contributed by atoms with Crippen LogP contribution in [0.25, 0.3) is 0 Å². The van der Waals surface area contributed by atoms with Crippen LogP contribution in [-0.2, 0) is 6.54 Å². The number of hydrogen-bond donors (Lipinski definition) is 0. The van der Waals surface area contributed by atoms with Crippen LogP contribution in [-0.4, -0.2) is 60.3 Å². The molecule has 178 valence electrons. The predicted molar refractivity (Wildman–Crippen MR) is 134 cm³/mol. The van der Waals surface area contributed by atoms with Gasteiger partial charge in [-0.05, 0) is 94.8 Å². The lowest BCUT2D eigenvalue weighted by molar-refractivity contribution is 0.00135. The number of methoxy groups -OCH3 is 1. The van der Waals surface area contributed by atoms with Crippen LogP contribution < -0.4 is 9.75 Å². The van der Waals surface area contributed by atoms with E-state index in [-0.39, 0.29) is 12.2 Å². The molecule has 0 spiro atoms. The van der Waals surface area contributed by atoms with Crippen LogP contribution in [0.15, 0.2) is 40.9 Å². The van der Waals surface area contributed by atoms with Crippen molar-refractivity contribution in [2.45, 2.75) is 32.6 Å². The molecular weight excluding hydrogens is 492 g/mol. The molecule has 0 aromatic heterocycles. The van der Waals surface area contributed by atoms with Gasteiger partial charge < -0.3 is 4.74 Å². The molecule has 5 unspecified atom stereocenters. The standard InChI is InChI=1S/C27H31BrN4O2/c1-16-7-23-25(24(28)8-16)32(30-14-20-10-21(20)15-30)27(29-12-18-9-19(18)13-29)31(26(23)33)11-17-3-5-22(34-2)6-4-17/h3-8,18-21,27H,9-15H2,1-2H3. The van der Waals surface area contributed by atoms with E-state index < -0.39 is 0 Å². The van der Waals surface area contributed by atoms with Gasteiger partial charge in [-0.2, -0.15) is 0 Å². The summed E-state index contributed by atoms with van der Waals surface area (Å²) in [6.45, 7) is 7.00. The molecule has 2 aromatic carbocycles. The van der Waals surface area contributed by atoms with E-state index in [1.165, 1.54) is 12.8 Å². The molecule has 4 fully saturated rings. The molecule has 2 saturated carbocycles. The number of hydrazine groups is 1. The Hall–Kier alpha value is -2.09. The maximum Gasteiger partial charge on any atom is 0.259 e. The Balaban J connectivity index is 1.33. The van der Waals surface area contributed by atoms with Gasteiger partial charge in [0.2, 0.25) is 0 Å². The van der Waals surface area contributed by atoms with E-state index in [1.807, 2.05) is 12.1 Å². The Morgan fingerprint density at radius 3 is 2.26 bits per heavy atom. The number of halogens is 1. The van der Waals surface area contributed by atoms with E-state index in [0.29, 0.717) is 6.54 Å². The predicted octanol–water partition coefficient (Wildman–Crippen LogP) is 4.33.